The number of carbonyl (C=O) groups excluding carboxylic acids is 1. The second kappa shape index (κ2) is 10.5. The lowest BCUT2D eigenvalue weighted by Gasteiger charge is -2.38. The van der Waals surface area contributed by atoms with Crippen LogP contribution in [-0.4, -0.2) is 62.6 Å². The number of hydrogen-bond acceptors (Lipinski definition) is 11. The van der Waals surface area contributed by atoms with Crippen LogP contribution in [0.4, 0.5) is 0 Å². The Morgan fingerprint density at radius 2 is 1.79 bits per heavy atom. The Bertz CT molecular complexity index is 678. The first-order valence-electron chi connectivity index (χ1n) is 9.12. The molecular formula is C17H25N2O9P. The average molecular weight is 432 g/mol. The van der Waals surface area contributed by atoms with E-state index in [0.29, 0.717) is 0 Å². The van der Waals surface area contributed by atoms with Crippen molar-refractivity contribution in [3.8, 4) is 12.1 Å². The maximum Gasteiger partial charge on any atom is 0.474 e. The van der Waals surface area contributed by atoms with E-state index in [0.717, 1.165) is 0 Å². The Balaban J connectivity index is 2.05. The molecule has 2 fully saturated rings. The minimum Gasteiger partial charge on any atom is -0.457 e. The maximum absolute atomic E-state index is 12.8. The zero-order valence-corrected chi connectivity index (χ0v) is 17.5. The number of esters is 1. The molecule has 29 heavy (non-hydrogen) atoms. The molecule has 0 radical (unpaired) electrons. The predicted molar refractivity (Wildman–Crippen MR) is 95.0 cm³/mol. The van der Waals surface area contributed by atoms with Crippen molar-refractivity contribution in [2.45, 2.75) is 63.8 Å². The third-order valence-electron chi connectivity index (χ3n) is 4.05. The van der Waals surface area contributed by atoms with Crippen molar-refractivity contribution in [1.82, 2.24) is 0 Å². The van der Waals surface area contributed by atoms with Crippen molar-refractivity contribution in [3.05, 3.63) is 0 Å². The SMILES string of the molecule is CC(=O)OC1C(COP(=O)(OCCC#N)OCCC#N)OC2COC(C)(C)OC21. The Morgan fingerprint density at radius 1 is 1.17 bits per heavy atom. The van der Waals surface area contributed by atoms with Crippen molar-refractivity contribution in [3.63, 3.8) is 0 Å². The van der Waals surface area contributed by atoms with Gasteiger partial charge in [-0.2, -0.15) is 10.5 Å². The molecule has 162 valence electrons. The van der Waals surface area contributed by atoms with Crippen molar-refractivity contribution in [1.29, 1.82) is 10.5 Å². The molecule has 0 saturated carbocycles. The highest BCUT2D eigenvalue weighted by Gasteiger charge is 2.53. The fourth-order valence-corrected chi connectivity index (χ4v) is 4.06. The first-order chi connectivity index (χ1) is 13.7. The Kier molecular flexibility index (Phi) is 8.56. The zero-order chi connectivity index (χ0) is 21.5. The third kappa shape index (κ3) is 7.02. The highest BCUT2D eigenvalue weighted by atomic mass is 31.2. The molecule has 0 amide bonds. The van der Waals surface area contributed by atoms with E-state index < -0.39 is 44.0 Å². The van der Waals surface area contributed by atoms with Crippen LogP contribution in [0, 0.1) is 22.7 Å². The lowest BCUT2D eigenvalue weighted by atomic mass is 10.1. The van der Waals surface area contributed by atoms with Crippen LogP contribution >= 0.6 is 7.82 Å². The fraction of sp³-hybridized carbons (Fsp3) is 0.824. The molecule has 0 aromatic carbocycles. The summed E-state index contributed by atoms with van der Waals surface area (Å²) in [6.07, 6.45) is -2.75. The van der Waals surface area contributed by atoms with Crippen LogP contribution in [0.2, 0.25) is 0 Å². The van der Waals surface area contributed by atoms with Gasteiger partial charge in [0.1, 0.15) is 18.3 Å². The van der Waals surface area contributed by atoms with Gasteiger partial charge in [0.2, 0.25) is 0 Å². The fourth-order valence-electron chi connectivity index (χ4n) is 2.88. The summed E-state index contributed by atoms with van der Waals surface area (Å²) in [6.45, 7) is 4.32. The molecule has 4 unspecified atom stereocenters. The van der Waals surface area contributed by atoms with Gasteiger partial charge >= 0.3 is 13.8 Å². The molecule has 2 rings (SSSR count). The number of nitriles is 2. The summed E-state index contributed by atoms with van der Waals surface area (Å²) in [5, 5.41) is 17.2. The smallest absolute Gasteiger partial charge is 0.457 e. The minimum absolute atomic E-state index is 0.0185. The van der Waals surface area contributed by atoms with Gasteiger partial charge in [0.15, 0.2) is 11.9 Å². The molecular weight excluding hydrogens is 407 g/mol. The third-order valence-corrected chi connectivity index (χ3v) is 5.51. The minimum atomic E-state index is -4.05. The molecule has 4 atom stereocenters. The van der Waals surface area contributed by atoms with Gasteiger partial charge in [-0.25, -0.2) is 4.57 Å². The largest absolute Gasteiger partial charge is 0.474 e. The molecule has 2 saturated heterocycles. The summed E-state index contributed by atoms with van der Waals surface area (Å²) in [5.74, 6) is -1.41. The van der Waals surface area contributed by atoms with Gasteiger partial charge < -0.3 is 18.9 Å². The van der Waals surface area contributed by atoms with E-state index in [2.05, 4.69) is 0 Å². The van der Waals surface area contributed by atoms with Gasteiger partial charge in [0.05, 0.1) is 51.4 Å². The second-order valence-electron chi connectivity index (χ2n) is 6.81. The van der Waals surface area contributed by atoms with Crippen molar-refractivity contribution >= 4 is 13.8 Å². The monoisotopic (exact) mass is 432 g/mol. The molecule has 0 aromatic rings. The van der Waals surface area contributed by atoms with Crippen LogP contribution in [-0.2, 0) is 41.9 Å². The highest BCUT2D eigenvalue weighted by molar-refractivity contribution is 7.48. The molecule has 2 aliphatic heterocycles. The summed E-state index contributed by atoms with van der Waals surface area (Å²) in [7, 11) is -4.05. The van der Waals surface area contributed by atoms with E-state index in [9.17, 15) is 9.36 Å². The molecule has 2 aliphatic rings. The molecule has 0 spiro atoms. The number of rotatable bonds is 10. The van der Waals surface area contributed by atoms with Crippen molar-refractivity contribution < 1.29 is 41.9 Å². The second-order valence-corrected chi connectivity index (χ2v) is 8.48. The van der Waals surface area contributed by atoms with E-state index in [1.165, 1.54) is 6.92 Å². The number of phosphoric ester groups is 1. The van der Waals surface area contributed by atoms with Crippen LogP contribution in [0.1, 0.15) is 33.6 Å². The Hall–Kier alpha value is -1.56. The predicted octanol–water partition coefficient (Wildman–Crippen LogP) is 1.82. The van der Waals surface area contributed by atoms with Crippen LogP contribution < -0.4 is 0 Å². The number of carbonyl (C=O) groups is 1. The van der Waals surface area contributed by atoms with Gasteiger partial charge in [0, 0.05) is 6.92 Å². The van der Waals surface area contributed by atoms with Crippen LogP contribution in [0.3, 0.4) is 0 Å². The first-order valence-corrected chi connectivity index (χ1v) is 10.6. The molecule has 0 bridgehead atoms. The van der Waals surface area contributed by atoms with Crippen LogP contribution in [0.15, 0.2) is 0 Å². The summed E-state index contributed by atoms with van der Waals surface area (Å²) >= 11 is 0. The number of fused-ring (bicyclic) bond motifs is 1. The summed E-state index contributed by atoms with van der Waals surface area (Å²) in [4.78, 5) is 11.6. The van der Waals surface area contributed by atoms with Gasteiger partial charge in [-0.05, 0) is 13.8 Å². The van der Waals surface area contributed by atoms with Gasteiger partial charge in [-0.1, -0.05) is 0 Å². The average Bonchev–Trinajstić information content (AvgIpc) is 2.96. The Labute approximate surface area is 169 Å². The van der Waals surface area contributed by atoms with E-state index >= 15 is 0 Å². The highest BCUT2D eigenvalue weighted by Crippen LogP contribution is 2.50. The summed E-state index contributed by atoms with van der Waals surface area (Å²) in [5.41, 5.74) is 0. The molecule has 0 N–H and O–H groups in total. The molecule has 2 heterocycles. The first kappa shape index (κ1) is 23.7. The maximum atomic E-state index is 12.8. The molecule has 12 heteroatoms. The van der Waals surface area contributed by atoms with Crippen LogP contribution in [0.25, 0.3) is 0 Å². The molecule has 11 nitrogen and oxygen atoms in total. The van der Waals surface area contributed by atoms with Gasteiger partial charge in [-0.15, -0.1) is 0 Å². The van der Waals surface area contributed by atoms with Gasteiger partial charge in [-0.3, -0.25) is 18.4 Å². The van der Waals surface area contributed by atoms with Crippen molar-refractivity contribution in [2.75, 3.05) is 26.4 Å². The number of hydrogen-bond donors (Lipinski definition) is 0. The van der Waals surface area contributed by atoms with E-state index in [4.69, 9.17) is 43.0 Å². The Morgan fingerprint density at radius 3 is 2.34 bits per heavy atom. The normalized spacial score (nSPS) is 28.2. The van der Waals surface area contributed by atoms with E-state index in [1.807, 2.05) is 12.1 Å². The number of nitrogens with zero attached hydrogens (tertiary/aromatic N) is 2. The zero-order valence-electron chi connectivity index (χ0n) is 16.6. The molecule has 0 aromatic heterocycles. The lowest BCUT2D eigenvalue weighted by molar-refractivity contribution is -0.300. The molecule has 0 aliphatic carbocycles. The summed E-state index contributed by atoms with van der Waals surface area (Å²) in [6, 6.07) is 3.71. The quantitative estimate of drug-likeness (QED) is 0.283. The number of phosphoric acid groups is 1. The topological polar surface area (TPSA) is 146 Å². The standard InChI is InChI=1S/C17H25N2O9P/c1-12(20)26-15-14(27-13-10-22-17(2,3)28-16(13)15)11-25-29(21,23-8-4-6-18)24-9-5-7-19/h13-16H,4-5,8-11H2,1-3H3. The summed E-state index contributed by atoms with van der Waals surface area (Å²) < 4.78 is 50.9. The lowest BCUT2D eigenvalue weighted by Crippen LogP contribution is -2.51. The van der Waals surface area contributed by atoms with E-state index in [1.54, 1.807) is 13.8 Å². The van der Waals surface area contributed by atoms with Crippen LogP contribution in [0.5, 0.6) is 0 Å². The number of ether oxygens (including phenoxy) is 4. The van der Waals surface area contributed by atoms with Crippen molar-refractivity contribution in [2.24, 2.45) is 0 Å². The van der Waals surface area contributed by atoms with Gasteiger partial charge in [0.25, 0.3) is 0 Å². The van der Waals surface area contributed by atoms with E-state index in [-0.39, 0.29) is 39.3 Å².